The first-order chi connectivity index (χ1) is 7.69. The summed E-state index contributed by atoms with van der Waals surface area (Å²) in [6.07, 6.45) is 1.92. The first-order valence-corrected chi connectivity index (χ1v) is 5.61. The molecular weight excluding hydrogens is 205 g/mol. The summed E-state index contributed by atoms with van der Waals surface area (Å²) in [4.78, 5) is 0. The largest absolute Gasteiger partial charge is 0.385 e. The molecule has 2 nitrogen and oxygen atoms in total. The first kappa shape index (κ1) is 13.1. The molecule has 0 spiro atoms. The minimum atomic E-state index is -0.174. The van der Waals surface area contributed by atoms with Gasteiger partial charge in [-0.1, -0.05) is 6.07 Å². The van der Waals surface area contributed by atoms with Gasteiger partial charge < -0.3 is 10.1 Å². The molecule has 1 unspecified atom stereocenters. The molecule has 1 aromatic rings. The quantitative estimate of drug-likeness (QED) is 0.752. The van der Waals surface area contributed by atoms with Crippen LogP contribution in [-0.4, -0.2) is 20.8 Å². The van der Waals surface area contributed by atoms with E-state index in [1.54, 1.807) is 13.2 Å². The third-order valence-electron chi connectivity index (χ3n) is 2.81. The van der Waals surface area contributed by atoms with Crippen LogP contribution in [0.3, 0.4) is 0 Å². The molecular formula is C13H20FNO. The van der Waals surface area contributed by atoms with Crippen LogP contribution in [-0.2, 0) is 4.74 Å². The van der Waals surface area contributed by atoms with Crippen molar-refractivity contribution in [1.29, 1.82) is 0 Å². The van der Waals surface area contributed by atoms with Gasteiger partial charge in [-0.3, -0.25) is 0 Å². The van der Waals surface area contributed by atoms with Crippen LogP contribution in [0.2, 0.25) is 0 Å². The third-order valence-corrected chi connectivity index (χ3v) is 2.81. The van der Waals surface area contributed by atoms with Crippen LogP contribution >= 0.6 is 0 Å². The Morgan fingerprint density at radius 3 is 2.81 bits per heavy atom. The van der Waals surface area contributed by atoms with E-state index in [4.69, 9.17) is 4.74 Å². The molecule has 0 aromatic heterocycles. The van der Waals surface area contributed by atoms with Crippen LogP contribution in [0, 0.1) is 12.7 Å². The highest BCUT2D eigenvalue weighted by molar-refractivity contribution is 5.29. The number of methoxy groups -OCH3 is 1. The second-order valence-corrected chi connectivity index (χ2v) is 3.98. The van der Waals surface area contributed by atoms with Gasteiger partial charge in [0.25, 0.3) is 0 Å². The summed E-state index contributed by atoms with van der Waals surface area (Å²) in [6.45, 7) is 2.75. The minimum Gasteiger partial charge on any atom is -0.385 e. The molecule has 1 rings (SSSR count). The van der Waals surface area contributed by atoms with Crippen molar-refractivity contribution in [3.8, 4) is 0 Å². The van der Waals surface area contributed by atoms with Gasteiger partial charge in [0.15, 0.2) is 0 Å². The molecule has 0 aliphatic carbocycles. The number of aryl methyl sites for hydroxylation is 1. The van der Waals surface area contributed by atoms with E-state index in [1.165, 1.54) is 6.07 Å². The van der Waals surface area contributed by atoms with E-state index in [2.05, 4.69) is 5.32 Å². The van der Waals surface area contributed by atoms with Crippen molar-refractivity contribution in [2.45, 2.75) is 25.8 Å². The lowest BCUT2D eigenvalue weighted by Gasteiger charge is -2.18. The minimum absolute atomic E-state index is 0.174. The van der Waals surface area contributed by atoms with Crippen LogP contribution in [0.5, 0.6) is 0 Å². The molecule has 0 amide bonds. The molecule has 0 saturated heterocycles. The molecule has 0 bridgehead atoms. The van der Waals surface area contributed by atoms with Crippen LogP contribution in [0.25, 0.3) is 0 Å². The maximum atomic E-state index is 13.2. The van der Waals surface area contributed by atoms with E-state index >= 15 is 0 Å². The summed E-state index contributed by atoms with van der Waals surface area (Å²) in [5.41, 5.74) is 2.16. The van der Waals surface area contributed by atoms with Crippen LogP contribution in [0.15, 0.2) is 18.2 Å². The molecule has 0 fully saturated rings. The summed E-state index contributed by atoms with van der Waals surface area (Å²) >= 11 is 0. The summed E-state index contributed by atoms with van der Waals surface area (Å²) < 4.78 is 18.2. The fourth-order valence-electron chi connectivity index (χ4n) is 1.87. The van der Waals surface area contributed by atoms with E-state index in [0.717, 1.165) is 30.6 Å². The van der Waals surface area contributed by atoms with Gasteiger partial charge >= 0.3 is 0 Å². The summed E-state index contributed by atoms with van der Waals surface area (Å²) in [5.74, 6) is -0.174. The fraction of sp³-hybridized carbons (Fsp3) is 0.538. The second-order valence-electron chi connectivity index (χ2n) is 3.98. The van der Waals surface area contributed by atoms with Gasteiger partial charge in [-0.25, -0.2) is 4.39 Å². The monoisotopic (exact) mass is 225 g/mol. The molecule has 0 heterocycles. The Bertz CT molecular complexity index is 328. The predicted molar refractivity (Wildman–Crippen MR) is 64.0 cm³/mol. The van der Waals surface area contributed by atoms with E-state index in [0.29, 0.717) is 0 Å². The van der Waals surface area contributed by atoms with E-state index in [1.807, 2.05) is 20.0 Å². The fourth-order valence-corrected chi connectivity index (χ4v) is 1.87. The lowest BCUT2D eigenvalue weighted by atomic mass is 9.97. The number of benzene rings is 1. The Hall–Kier alpha value is -0.930. The van der Waals surface area contributed by atoms with Gasteiger partial charge in [0.2, 0.25) is 0 Å². The summed E-state index contributed by atoms with van der Waals surface area (Å²) in [5, 5.41) is 3.22. The van der Waals surface area contributed by atoms with E-state index in [9.17, 15) is 4.39 Å². The lowest BCUT2D eigenvalue weighted by Crippen LogP contribution is -2.18. The van der Waals surface area contributed by atoms with Crippen LogP contribution in [0.1, 0.15) is 30.0 Å². The standard InChI is InChI=1S/C13H20FNO/c1-10-6-7-11(14)9-12(10)13(15-2)5-4-8-16-3/h6-7,9,13,15H,4-5,8H2,1-3H3. The Balaban J connectivity index is 2.73. The Labute approximate surface area is 96.8 Å². The SMILES string of the molecule is CNC(CCCOC)c1cc(F)ccc1C. The molecule has 0 radical (unpaired) electrons. The van der Waals surface area contributed by atoms with Crippen molar-refractivity contribution >= 4 is 0 Å². The molecule has 90 valence electrons. The average molecular weight is 225 g/mol. The highest BCUT2D eigenvalue weighted by atomic mass is 19.1. The number of rotatable bonds is 6. The van der Waals surface area contributed by atoms with Crippen molar-refractivity contribution in [2.24, 2.45) is 0 Å². The van der Waals surface area contributed by atoms with Crippen molar-refractivity contribution in [3.05, 3.63) is 35.1 Å². The highest BCUT2D eigenvalue weighted by Gasteiger charge is 2.12. The molecule has 1 aromatic carbocycles. The zero-order valence-electron chi connectivity index (χ0n) is 10.2. The summed E-state index contributed by atoms with van der Waals surface area (Å²) in [6, 6.07) is 5.14. The van der Waals surface area contributed by atoms with Gasteiger partial charge in [0.1, 0.15) is 5.82 Å². The molecule has 0 aliphatic heterocycles. The number of halogens is 1. The Morgan fingerprint density at radius 2 is 2.19 bits per heavy atom. The second kappa shape index (κ2) is 6.61. The van der Waals surface area contributed by atoms with Gasteiger partial charge in [0, 0.05) is 19.8 Å². The zero-order valence-corrected chi connectivity index (χ0v) is 10.2. The zero-order chi connectivity index (χ0) is 12.0. The third kappa shape index (κ3) is 3.58. The summed E-state index contributed by atoms with van der Waals surface area (Å²) in [7, 11) is 3.60. The predicted octanol–water partition coefficient (Wildman–Crippen LogP) is 2.82. The maximum Gasteiger partial charge on any atom is 0.123 e. The van der Waals surface area contributed by atoms with Crippen molar-refractivity contribution in [2.75, 3.05) is 20.8 Å². The number of hydrogen-bond donors (Lipinski definition) is 1. The smallest absolute Gasteiger partial charge is 0.123 e. The average Bonchev–Trinajstić information content (AvgIpc) is 2.28. The molecule has 16 heavy (non-hydrogen) atoms. The molecule has 3 heteroatoms. The van der Waals surface area contributed by atoms with Crippen molar-refractivity contribution in [1.82, 2.24) is 5.32 Å². The number of nitrogens with one attached hydrogen (secondary N) is 1. The van der Waals surface area contributed by atoms with Gasteiger partial charge in [-0.05, 0) is 50.1 Å². The van der Waals surface area contributed by atoms with E-state index in [-0.39, 0.29) is 11.9 Å². The molecule has 0 saturated carbocycles. The highest BCUT2D eigenvalue weighted by Crippen LogP contribution is 2.22. The van der Waals surface area contributed by atoms with Crippen molar-refractivity contribution in [3.63, 3.8) is 0 Å². The molecule has 1 atom stereocenters. The Kier molecular flexibility index (Phi) is 5.43. The lowest BCUT2D eigenvalue weighted by molar-refractivity contribution is 0.189. The number of ether oxygens (including phenoxy) is 1. The van der Waals surface area contributed by atoms with Crippen LogP contribution in [0.4, 0.5) is 4.39 Å². The van der Waals surface area contributed by atoms with E-state index < -0.39 is 0 Å². The number of hydrogen-bond acceptors (Lipinski definition) is 2. The molecule has 1 N–H and O–H groups in total. The molecule has 0 aliphatic rings. The normalized spacial score (nSPS) is 12.8. The van der Waals surface area contributed by atoms with Crippen molar-refractivity contribution < 1.29 is 9.13 Å². The first-order valence-electron chi connectivity index (χ1n) is 5.61. The topological polar surface area (TPSA) is 21.3 Å². The van der Waals surface area contributed by atoms with Gasteiger partial charge in [0.05, 0.1) is 0 Å². The Morgan fingerprint density at radius 1 is 1.44 bits per heavy atom. The van der Waals surface area contributed by atoms with Crippen LogP contribution < -0.4 is 5.32 Å². The maximum absolute atomic E-state index is 13.2. The van der Waals surface area contributed by atoms with Gasteiger partial charge in [-0.15, -0.1) is 0 Å². The van der Waals surface area contributed by atoms with Gasteiger partial charge in [-0.2, -0.15) is 0 Å².